The number of aromatic amines is 1. The number of aromatic nitrogens is 1. The Morgan fingerprint density at radius 2 is 1.92 bits per heavy atom. The molecule has 0 fully saturated rings. The zero-order valence-corrected chi connectivity index (χ0v) is 14.3. The van der Waals surface area contributed by atoms with Crippen LogP contribution in [-0.4, -0.2) is 52.3 Å². The minimum Gasteiger partial charge on any atom is -0.480 e. The number of carboxylic acids is 1. The lowest BCUT2D eigenvalue weighted by Crippen LogP contribution is -2.53. The van der Waals surface area contributed by atoms with Gasteiger partial charge in [0.2, 0.25) is 11.8 Å². The van der Waals surface area contributed by atoms with Gasteiger partial charge in [-0.05, 0) is 11.6 Å². The number of benzene rings is 1. The first-order chi connectivity index (χ1) is 12.0. The number of amides is 2. The summed E-state index contributed by atoms with van der Waals surface area (Å²) in [7, 11) is 0. The average Bonchev–Trinajstić information content (AvgIpc) is 3.01. The van der Waals surface area contributed by atoms with Crippen molar-refractivity contribution in [3.63, 3.8) is 0 Å². The van der Waals surface area contributed by atoms with Gasteiger partial charge in [-0.2, -0.15) is 12.6 Å². The first-order valence-corrected chi connectivity index (χ1v) is 8.28. The van der Waals surface area contributed by atoms with Gasteiger partial charge in [0, 0.05) is 29.3 Å². The topological polar surface area (TPSA) is 137 Å². The predicted octanol–water partition coefficient (Wildman–Crippen LogP) is -0.347. The molecule has 1 aromatic carbocycles. The van der Waals surface area contributed by atoms with Crippen molar-refractivity contribution in [3.8, 4) is 0 Å². The van der Waals surface area contributed by atoms with Crippen molar-refractivity contribution < 1.29 is 19.5 Å². The molecule has 1 heterocycles. The second-order valence-electron chi connectivity index (χ2n) is 5.47. The van der Waals surface area contributed by atoms with Gasteiger partial charge in [0.25, 0.3) is 0 Å². The SMILES string of the molecule is NCC(=O)NC(CS)C(=O)NC(Cc1c[nH]c2ccccc12)C(=O)O. The fraction of sp³-hybridized carbons (Fsp3) is 0.312. The fourth-order valence-electron chi connectivity index (χ4n) is 2.44. The molecule has 0 aliphatic heterocycles. The predicted molar refractivity (Wildman–Crippen MR) is 96.4 cm³/mol. The molecule has 8 nitrogen and oxygen atoms in total. The van der Waals surface area contributed by atoms with Crippen molar-refractivity contribution in [1.82, 2.24) is 15.6 Å². The molecule has 0 bridgehead atoms. The monoisotopic (exact) mass is 364 g/mol. The van der Waals surface area contributed by atoms with Gasteiger partial charge in [-0.1, -0.05) is 18.2 Å². The van der Waals surface area contributed by atoms with E-state index in [1.807, 2.05) is 24.3 Å². The van der Waals surface area contributed by atoms with Crippen molar-refractivity contribution in [3.05, 3.63) is 36.0 Å². The summed E-state index contributed by atoms with van der Waals surface area (Å²) < 4.78 is 0. The zero-order chi connectivity index (χ0) is 18.4. The number of aliphatic carboxylic acids is 1. The number of nitrogens with one attached hydrogen (secondary N) is 3. The molecule has 0 aliphatic rings. The van der Waals surface area contributed by atoms with E-state index in [0.29, 0.717) is 0 Å². The lowest BCUT2D eigenvalue weighted by atomic mass is 10.0. The molecular formula is C16H20N4O4S. The summed E-state index contributed by atoms with van der Waals surface area (Å²) in [6, 6.07) is 5.39. The van der Waals surface area contributed by atoms with E-state index >= 15 is 0 Å². The molecule has 2 atom stereocenters. The summed E-state index contributed by atoms with van der Waals surface area (Å²) in [4.78, 5) is 38.2. The normalized spacial score (nSPS) is 13.2. The summed E-state index contributed by atoms with van der Waals surface area (Å²) in [5.74, 6) is -2.28. The van der Waals surface area contributed by atoms with Crippen LogP contribution in [0.5, 0.6) is 0 Å². The lowest BCUT2D eigenvalue weighted by molar-refractivity contribution is -0.142. The lowest BCUT2D eigenvalue weighted by Gasteiger charge is -2.20. The highest BCUT2D eigenvalue weighted by Crippen LogP contribution is 2.19. The standard InChI is InChI=1S/C16H20N4O4S/c17-6-14(21)19-13(8-25)15(22)20-12(16(23)24)5-9-7-18-11-4-2-1-3-10(9)11/h1-4,7,12-13,18,25H,5-6,8,17H2,(H,19,21)(H,20,22)(H,23,24). The Kier molecular flexibility index (Phi) is 6.43. The van der Waals surface area contributed by atoms with Crippen LogP contribution in [0.4, 0.5) is 0 Å². The molecule has 6 N–H and O–H groups in total. The summed E-state index contributed by atoms with van der Waals surface area (Å²) in [6.45, 7) is -0.269. The Balaban J connectivity index is 2.11. The van der Waals surface area contributed by atoms with E-state index < -0.39 is 29.9 Å². The highest BCUT2D eigenvalue weighted by atomic mass is 32.1. The van der Waals surface area contributed by atoms with Gasteiger partial charge in [0.05, 0.1) is 6.54 Å². The van der Waals surface area contributed by atoms with E-state index in [1.165, 1.54) is 0 Å². The smallest absolute Gasteiger partial charge is 0.326 e. The highest BCUT2D eigenvalue weighted by Gasteiger charge is 2.26. The first-order valence-electron chi connectivity index (χ1n) is 7.64. The second kappa shape index (κ2) is 8.54. The summed E-state index contributed by atoms with van der Waals surface area (Å²) in [6.07, 6.45) is 1.83. The minimum absolute atomic E-state index is 0.0248. The molecule has 134 valence electrons. The Hall–Kier alpha value is -2.52. The molecule has 2 amide bonds. The van der Waals surface area contributed by atoms with E-state index in [0.717, 1.165) is 16.5 Å². The van der Waals surface area contributed by atoms with Gasteiger partial charge in [0.15, 0.2) is 0 Å². The van der Waals surface area contributed by atoms with E-state index in [9.17, 15) is 19.5 Å². The third-order valence-corrected chi connectivity index (χ3v) is 4.10. The van der Waals surface area contributed by atoms with Crippen LogP contribution in [0.1, 0.15) is 5.56 Å². The number of hydrogen-bond donors (Lipinski definition) is 6. The number of carboxylic acid groups (broad SMARTS) is 1. The fourth-order valence-corrected chi connectivity index (χ4v) is 2.70. The number of carbonyl (C=O) groups excluding carboxylic acids is 2. The molecule has 9 heteroatoms. The molecule has 0 spiro atoms. The number of carbonyl (C=O) groups is 3. The molecule has 0 aliphatic carbocycles. The van der Waals surface area contributed by atoms with Crippen molar-refractivity contribution in [2.45, 2.75) is 18.5 Å². The molecule has 25 heavy (non-hydrogen) atoms. The number of rotatable bonds is 8. The van der Waals surface area contributed by atoms with Crippen LogP contribution in [0.15, 0.2) is 30.5 Å². The maximum Gasteiger partial charge on any atom is 0.326 e. The van der Waals surface area contributed by atoms with E-state index in [2.05, 4.69) is 28.2 Å². The maximum atomic E-state index is 12.2. The third kappa shape index (κ3) is 4.74. The Labute approximate surface area is 149 Å². The van der Waals surface area contributed by atoms with E-state index in [4.69, 9.17) is 5.73 Å². The summed E-state index contributed by atoms with van der Waals surface area (Å²) in [5, 5.41) is 15.2. The van der Waals surface area contributed by atoms with Gasteiger partial charge in [-0.25, -0.2) is 4.79 Å². The molecular weight excluding hydrogens is 344 g/mol. The number of nitrogens with two attached hydrogens (primary N) is 1. The largest absolute Gasteiger partial charge is 0.480 e. The van der Waals surface area contributed by atoms with Crippen molar-refractivity contribution >= 4 is 41.3 Å². The van der Waals surface area contributed by atoms with E-state index in [-0.39, 0.29) is 18.7 Å². The molecule has 2 aromatic rings. The Bertz CT molecular complexity index is 776. The van der Waals surface area contributed by atoms with Gasteiger partial charge in [0.1, 0.15) is 12.1 Å². The summed E-state index contributed by atoms with van der Waals surface area (Å²) >= 11 is 4.01. The highest BCUT2D eigenvalue weighted by molar-refractivity contribution is 7.80. The zero-order valence-electron chi connectivity index (χ0n) is 13.4. The van der Waals surface area contributed by atoms with Crippen LogP contribution < -0.4 is 16.4 Å². The third-order valence-electron chi connectivity index (χ3n) is 3.73. The van der Waals surface area contributed by atoms with Crippen molar-refractivity contribution in [2.24, 2.45) is 5.73 Å². The first kappa shape index (κ1) is 18.8. The van der Waals surface area contributed by atoms with Gasteiger partial charge >= 0.3 is 5.97 Å². The number of thiol groups is 1. The molecule has 0 radical (unpaired) electrons. The number of H-pyrrole nitrogens is 1. The van der Waals surface area contributed by atoms with Gasteiger partial charge in [-0.15, -0.1) is 0 Å². The Morgan fingerprint density at radius 1 is 1.20 bits per heavy atom. The van der Waals surface area contributed by atoms with Crippen LogP contribution in [-0.2, 0) is 20.8 Å². The van der Waals surface area contributed by atoms with Crippen LogP contribution in [0.25, 0.3) is 10.9 Å². The molecule has 2 unspecified atom stereocenters. The number of para-hydroxylation sites is 1. The molecule has 0 saturated heterocycles. The number of fused-ring (bicyclic) bond motifs is 1. The average molecular weight is 364 g/mol. The van der Waals surface area contributed by atoms with Crippen LogP contribution in [0, 0.1) is 0 Å². The van der Waals surface area contributed by atoms with Crippen LogP contribution >= 0.6 is 12.6 Å². The number of hydrogen-bond acceptors (Lipinski definition) is 5. The molecule has 1 aromatic heterocycles. The van der Waals surface area contributed by atoms with Crippen molar-refractivity contribution in [1.29, 1.82) is 0 Å². The Morgan fingerprint density at radius 3 is 2.56 bits per heavy atom. The van der Waals surface area contributed by atoms with Gasteiger partial charge in [-0.3, -0.25) is 9.59 Å². The summed E-state index contributed by atoms with van der Waals surface area (Å²) in [5.41, 5.74) is 6.86. The maximum absolute atomic E-state index is 12.2. The molecule has 0 saturated carbocycles. The van der Waals surface area contributed by atoms with E-state index in [1.54, 1.807) is 6.20 Å². The van der Waals surface area contributed by atoms with Crippen LogP contribution in [0.2, 0.25) is 0 Å². The quantitative estimate of drug-likeness (QED) is 0.356. The molecule has 2 rings (SSSR count). The van der Waals surface area contributed by atoms with Crippen molar-refractivity contribution in [2.75, 3.05) is 12.3 Å². The second-order valence-corrected chi connectivity index (χ2v) is 5.83. The van der Waals surface area contributed by atoms with Crippen LogP contribution in [0.3, 0.4) is 0 Å². The minimum atomic E-state index is -1.17. The van der Waals surface area contributed by atoms with Gasteiger partial charge < -0.3 is 26.5 Å².